The predicted octanol–water partition coefficient (Wildman–Crippen LogP) is 2.28. The minimum absolute atomic E-state index is 0.338. The van der Waals surface area contributed by atoms with Crippen LogP contribution in [0.15, 0.2) is 48.9 Å². The van der Waals surface area contributed by atoms with Crippen LogP contribution in [0, 0.1) is 0 Å². The number of ether oxygens (including phenoxy) is 2. The van der Waals surface area contributed by atoms with E-state index in [4.69, 9.17) is 4.74 Å². The van der Waals surface area contributed by atoms with Gasteiger partial charge in [-0.05, 0) is 18.2 Å². The fraction of sp³-hybridized carbons (Fsp3) is 0.0769. The lowest BCUT2D eigenvalue weighted by atomic mass is 10.2. The minimum Gasteiger partial charge on any atom is -0.429 e. The second-order valence-electron chi connectivity index (χ2n) is 3.14. The molecule has 17 heavy (non-hydrogen) atoms. The third-order valence-electron chi connectivity index (χ3n) is 1.73. The van der Waals surface area contributed by atoms with Gasteiger partial charge in [0, 0.05) is 6.92 Å². The Bertz CT molecular complexity index is 446. The number of benzene rings is 1. The third kappa shape index (κ3) is 4.79. The SMILES string of the molecule is C=C(OC(C)=O)C(=O)OC=Cc1ccccc1. The van der Waals surface area contributed by atoms with Crippen molar-refractivity contribution in [2.75, 3.05) is 0 Å². The van der Waals surface area contributed by atoms with Crippen LogP contribution in [0.5, 0.6) is 0 Å². The zero-order chi connectivity index (χ0) is 12.7. The molecule has 0 aliphatic heterocycles. The van der Waals surface area contributed by atoms with Gasteiger partial charge >= 0.3 is 11.9 Å². The van der Waals surface area contributed by atoms with Crippen LogP contribution < -0.4 is 0 Å². The first-order valence-corrected chi connectivity index (χ1v) is 4.89. The van der Waals surface area contributed by atoms with Gasteiger partial charge in [0.15, 0.2) is 0 Å². The van der Waals surface area contributed by atoms with E-state index in [9.17, 15) is 9.59 Å². The minimum atomic E-state index is -0.799. The highest BCUT2D eigenvalue weighted by molar-refractivity contribution is 5.89. The zero-order valence-corrected chi connectivity index (χ0v) is 9.38. The van der Waals surface area contributed by atoms with Crippen LogP contribution in [0.3, 0.4) is 0 Å². The number of carbonyl (C=O) groups is 2. The molecule has 0 amide bonds. The number of hydrogen-bond donors (Lipinski definition) is 0. The van der Waals surface area contributed by atoms with Gasteiger partial charge in [0.05, 0.1) is 6.26 Å². The first-order valence-electron chi connectivity index (χ1n) is 4.89. The molecule has 0 spiro atoms. The Morgan fingerprint density at radius 2 is 1.88 bits per heavy atom. The molecule has 0 unspecified atom stereocenters. The maximum atomic E-state index is 11.2. The lowest BCUT2D eigenvalue weighted by Gasteiger charge is -2.01. The first kappa shape index (κ1) is 12.7. The molecule has 0 saturated heterocycles. The molecule has 0 aliphatic rings. The van der Waals surface area contributed by atoms with Crippen molar-refractivity contribution in [3.63, 3.8) is 0 Å². The highest BCUT2D eigenvalue weighted by Crippen LogP contribution is 2.03. The number of carbonyl (C=O) groups excluding carboxylic acids is 2. The van der Waals surface area contributed by atoms with E-state index in [1.54, 1.807) is 6.08 Å². The largest absolute Gasteiger partial charge is 0.429 e. The van der Waals surface area contributed by atoms with Gasteiger partial charge in [0.1, 0.15) is 0 Å². The summed E-state index contributed by atoms with van der Waals surface area (Å²) in [4.78, 5) is 21.8. The molecule has 0 fully saturated rings. The second kappa shape index (κ2) is 6.27. The lowest BCUT2D eigenvalue weighted by Crippen LogP contribution is -2.09. The Kier molecular flexibility index (Phi) is 4.69. The Morgan fingerprint density at radius 1 is 1.24 bits per heavy atom. The standard InChI is InChI=1S/C13H12O4/c1-10(17-11(2)14)13(15)16-9-8-12-6-4-3-5-7-12/h3-9H,1H2,2H3. The maximum absolute atomic E-state index is 11.2. The normalized spacial score (nSPS) is 9.94. The molecule has 0 aromatic heterocycles. The summed E-state index contributed by atoms with van der Waals surface area (Å²) >= 11 is 0. The predicted molar refractivity (Wildman–Crippen MR) is 62.5 cm³/mol. The van der Waals surface area contributed by atoms with Crippen LogP contribution in [0.2, 0.25) is 0 Å². The summed E-state index contributed by atoms with van der Waals surface area (Å²) in [7, 11) is 0. The van der Waals surface area contributed by atoms with E-state index < -0.39 is 11.9 Å². The monoisotopic (exact) mass is 232 g/mol. The van der Waals surface area contributed by atoms with E-state index >= 15 is 0 Å². The number of rotatable bonds is 4. The van der Waals surface area contributed by atoms with E-state index in [-0.39, 0.29) is 5.76 Å². The molecule has 0 N–H and O–H groups in total. The molecule has 1 aromatic carbocycles. The summed E-state index contributed by atoms with van der Waals surface area (Å²) in [6.45, 7) is 4.45. The Labute approximate surface area is 99.2 Å². The quantitative estimate of drug-likeness (QED) is 0.454. The molecule has 0 saturated carbocycles. The number of esters is 2. The number of hydrogen-bond acceptors (Lipinski definition) is 4. The molecular weight excluding hydrogens is 220 g/mol. The van der Waals surface area contributed by atoms with Crippen LogP contribution in [-0.4, -0.2) is 11.9 Å². The molecule has 0 heterocycles. The molecule has 4 nitrogen and oxygen atoms in total. The smallest absolute Gasteiger partial charge is 0.378 e. The fourth-order valence-corrected chi connectivity index (χ4v) is 1.02. The van der Waals surface area contributed by atoms with Crippen molar-refractivity contribution in [2.45, 2.75) is 6.92 Å². The van der Waals surface area contributed by atoms with E-state index in [0.717, 1.165) is 5.56 Å². The molecule has 0 atom stereocenters. The Hall–Kier alpha value is -2.36. The highest BCUT2D eigenvalue weighted by atomic mass is 16.6. The Morgan fingerprint density at radius 3 is 2.47 bits per heavy atom. The third-order valence-corrected chi connectivity index (χ3v) is 1.73. The molecule has 1 rings (SSSR count). The zero-order valence-electron chi connectivity index (χ0n) is 9.38. The maximum Gasteiger partial charge on any atom is 0.378 e. The summed E-state index contributed by atoms with van der Waals surface area (Å²) in [5.41, 5.74) is 0.887. The van der Waals surface area contributed by atoms with Gasteiger partial charge in [-0.2, -0.15) is 0 Å². The summed E-state index contributed by atoms with van der Waals surface area (Å²) < 4.78 is 9.19. The van der Waals surface area contributed by atoms with Crippen molar-refractivity contribution < 1.29 is 19.1 Å². The van der Waals surface area contributed by atoms with Crippen LogP contribution in [0.25, 0.3) is 6.08 Å². The summed E-state index contributed by atoms with van der Waals surface area (Å²) in [5.74, 6) is -1.75. The van der Waals surface area contributed by atoms with E-state index in [0.29, 0.717) is 0 Å². The van der Waals surface area contributed by atoms with Crippen LogP contribution in [-0.2, 0) is 19.1 Å². The molecule has 0 bridgehead atoms. The molecule has 1 aromatic rings. The molecule has 4 heteroatoms. The van der Waals surface area contributed by atoms with Crippen molar-refractivity contribution in [2.24, 2.45) is 0 Å². The topological polar surface area (TPSA) is 52.6 Å². The van der Waals surface area contributed by atoms with E-state index in [1.165, 1.54) is 13.2 Å². The molecular formula is C13H12O4. The van der Waals surface area contributed by atoms with Gasteiger partial charge in [-0.25, -0.2) is 4.79 Å². The first-order chi connectivity index (χ1) is 8.09. The van der Waals surface area contributed by atoms with Crippen molar-refractivity contribution in [1.82, 2.24) is 0 Å². The van der Waals surface area contributed by atoms with Gasteiger partial charge in [0.2, 0.25) is 5.76 Å². The van der Waals surface area contributed by atoms with Gasteiger partial charge in [-0.3, -0.25) is 4.79 Å². The van der Waals surface area contributed by atoms with E-state index in [1.807, 2.05) is 30.3 Å². The summed E-state index contributed by atoms with van der Waals surface area (Å²) in [6.07, 6.45) is 2.82. The average molecular weight is 232 g/mol. The molecule has 0 aliphatic carbocycles. The van der Waals surface area contributed by atoms with Crippen LogP contribution in [0.4, 0.5) is 0 Å². The van der Waals surface area contributed by atoms with Gasteiger partial charge in [-0.15, -0.1) is 0 Å². The van der Waals surface area contributed by atoms with Gasteiger partial charge in [0.25, 0.3) is 0 Å². The summed E-state index contributed by atoms with van der Waals surface area (Å²) in [6, 6.07) is 9.31. The van der Waals surface area contributed by atoms with Gasteiger partial charge < -0.3 is 9.47 Å². The fourth-order valence-electron chi connectivity index (χ4n) is 1.02. The van der Waals surface area contributed by atoms with Crippen molar-refractivity contribution in [1.29, 1.82) is 0 Å². The molecule has 88 valence electrons. The van der Waals surface area contributed by atoms with Gasteiger partial charge in [-0.1, -0.05) is 30.3 Å². The second-order valence-corrected chi connectivity index (χ2v) is 3.14. The molecule has 0 radical (unpaired) electrons. The van der Waals surface area contributed by atoms with Crippen molar-refractivity contribution in [3.05, 3.63) is 54.5 Å². The van der Waals surface area contributed by atoms with Crippen LogP contribution in [0.1, 0.15) is 12.5 Å². The van der Waals surface area contributed by atoms with Crippen LogP contribution >= 0.6 is 0 Å². The highest BCUT2D eigenvalue weighted by Gasteiger charge is 2.10. The van der Waals surface area contributed by atoms with E-state index in [2.05, 4.69) is 11.3 Å². The Balaban J connectivity index is 2.46. The summed E-state index contributed by atoms with van der Waals surface area (Å²) in [5, 5.41) is 0. The van der Waals surface area contributed by atoms with Crippen molar-refractivity contribution in [3.8, 4) is 0 Å². The van der Waals surface area contributed by atoms with Crippen molar-refractivity contribution >= 4 is 18.0 Å². The lowest BCUT2D eigenvalue weighted by molar-refractivity contribution is -0.146. The average Bonchev–Trinajstić information content (AvgIpc) is 2.29.